The van der Waals surface area contributed by atoms with E-state index in [9.17, 15) is 4.79 Å². The Bertz CT molecular complexity index is 903. The number of carbonyl (C=O) groups excluding carboxylic acids is 1. The highest BCUT2D eigenvalue weighted by Crippen LogP contribution is 2.19. The van der Waals surface area contributed by atoms with Crippen LogP contribution >= 0.6 is 0 Å². The van der Waals surface area contributed by atoms with E-state index in [0.717, 1.165) is 22.8 Å². The van der Waals surface area contributed by atoms with Crippen LogP contribution in [-0.4, -0.2) is 28.7 Å². The summed E-state index contributed by atoms with van der Waals surface area (Å²) >= 11 is 0. The van der Waals surface area contributed by atoms with E-state index >= 15 is 0 Å². The number of imidazole rings is 1. The van der Waals surface area contributed by atoms with Crippen LogP contribution in [0.1, 0.15) is 18.3 Å². The maximum Gasteiger partial charge on any atom is 0.261 e. The predicted octanol–water partition coefficient (Wildman–Crippen LogP) is 3.27. The number of methoxy groups -OCH3 is 1. The van der Waals surface area contributed by atoms with Gasteiger partial charge in [-0.15, -0.1) is 0 Å². The van der Waals surface area contributed by atoms with Gasteiger partial charge in [-0.25, -0.2) is 4.98 Å². The van der Waals surface area contributed by atoms with Gasteiger partial charge in [0.15, 0.2) is 6.10 Å². The summed E-state index contributed by atoms with van der Waals surface area (Å²) in [4.78, 5) is 16.7. The van der Waals surface area contributed by atoms with Gasteiger partial charge in [-0.1, -0.05) is 18.2 Å². The average molecular weight is 365 g/mol. The second-order valence-electron chi connectivity index (χ2n) is 6.13. The van der Waals surface area contributed by atoms with Crippen molar-refractivity contribution >= 4 is 5.91 Å². The van der Waals surface area contributed by atoms with Crippen LogP contribution in [0.25, 0.3) is 5.69 Å². The van der Waals surface area contributed by atoms with Crippen molar-refractivity contribution in [3.05, 3.63) is 72.3 Å². The van der Waals surface area contributed by atoms with Gasteiger partial charge in [-0.05, 0) is 49.7 Å². The number of hydrogen-bond acceptors (Lipinski definition) is 4. The predicted molar refractivity (Wildman–Crippen MR) is 103 cm³/mol. The molecular formula is C21H23N3O3. The molecule has 1 N–H and O–H groups in total. The van der Waals surface area contributed by atoms with Gasteiger partial charge in [0.25, 0.3) is 5.91 Å². The van der Waals surface area contributed by atoms with Crippen LogP contribution in [0.4, 0.5) is 0 Å². The van der Waals surface area contributed by atoms with Gasteiger partial charge in [-0.2, -0.15) is 0 Å². The van der Waals surface area contributed by atoms with E-state index in [1.165, 1.54) is 0 Å². The molecule has 1 amide bonds. The smallest absolute Gasteiger partial charge is 0.261 e. The van der Waals surface area contributed by atoms with E-state index in [1.807, 2.05) is 42.0 Å². The van der Waals surface area contributed by atoms with Gasteiger partial charge in [0.2, 0.25) is 0 Å². The van der Waals surface area contributed by atoms with Gasteiger partial charge < -0.3 is 19.4 Å². The van der Waals surface area contributed by atoms with Crippen molar-refractivity contribution in [2.75, 3.05) is 7.11 Å². The molecule has 0 saturated heterocycles. The minimum Gasteiger partial charge on any atom is -0.497 e. The Hall–Kier alpha value is -3.28. The molecule has 1 unspecified atom stereocenters. The lowest BCUT2D eigenvalue weighted by atomic mass is 10.1. The molecule has 0 saturated carbocycles. The van der Waals surface area contributed by atoms with E-state index in [0.29, 0.717) is 12.3 Å². The number of amides is 1. The van der Waals surface area contributed by atoms with Crippen LogP contribution in [0.2, 0.25) is 0 Å². The normalized spacial score (nSPS) is 11.7. The van der Waals surface area contributed by atoms with Crippen molar-refractivity contribution in [2.24, 2.45) is 0 Å². The first-order chi connectivity index (χ1) is 13.1. The Morgan fingerprint density at radius 3 is 2.52 bits per heavy atom. The minimum absolute atomic E-state index is 0.178. The molecule has 1 aromatic heterocycles. The maximum absolute atomic E-state index is 12.4. The molecule has 0 bridgehead atoms. The lowest BCUT2D eigenvalue weighted by Gasteiger charge is -2.16. The summed E-state index contributed by atoms with van der Waals surface area (Å²) in [5.74, 6) is 2.08. The molecule has 140 valence electrons. The second kappa shape index (κ2) is 8.40. The number of carbonyl (C=O) groups is 1. The number of nitrogens with one attached hydrogen (secondary N) is 1. The van der Waals surface area contributed by atoms with Crippen LogP contribution in [0, 0.1) is 6.92 Å². The molecule has 0 fully saturated rings. The summed E-state index contributed by atoms with van der Waals surface area (Å²) in [6.07, 6.45) is 3.06. The molecule has 0 aliphatic rings. The van der Waals surface area contributed by atoms with Crippen molar-refractivity contribution in [2.45, 2.75) is 26.5 Å². The number of ether oxygens (including phenoxy) is 2. The molecule has 6 heteroatoms. The topological polar surface area (TPSA) is 65.4 Å². The fourth-order valence-corrected chi connectivity index (χ4v) is 2.77. The van der Waals surface area contributed by atoms with Crippen molar-refractivity contribution in [3.63, 3.8) is 0 Å². The standard InChI is InChI=1S/C21H23N3O3/c1-15(27-19-10-8-18(26-3)9-11-19)21(25)23-14-17-6-4-5-7-20(17)24-13-12-22-16(24)2/h4-13,15H,14H2,1-3H3,(H,23,25). The Labute approximate surface area is 158 Å². The molecule has 3 rings (SSSR count). The first kappa shape index (κ1) is 18.5. The van der Waals surface area contributed by atoms with Crippen LogP contribution < -0.4 is 14.8 Å². The molecule has 6 nitrogen and oxygen atoms in total. The first-order valence-electron chi connectivity index (χ1n) is 8.75. The van der Waals surface area contributed by atoms with Crippen LogP contribution in [0.3, 0.4) is 0 Å². The molecule has 27 heavy (non-hydrogen) atoms. The SMILES string of the molecule is COc1ccc(OC(C)C(=O)NCc2ccccc2-n2ccnc2C)cc1. The highest BCUT2D eigenvalue weighted by molar-refractivity contribution is 5.80. The minimum atomic E-state index is -0.611. The number of aryl methyl sites for hydroxylation is 1. The summed E-state index contributed by atoms with van der Waals surface area (Å²) < 4.78 is 12.8. The Morgan fingerprint density at radius 1 is 1.15 bits per heavy atom. The van der Waals surface area contributed by atoms with E-state index < -0.39 is 6.10 Å². The summed E-state index contributed by atoms with van der Waals surface area (Å²) in [5, 5.41) is 2.94. The van der Waals surface area contributed by atoms with E-state index in [2.05, 4.69) is 10.3 Å². The third kappa shape index (κ3) is 4.47. The maximum atomic E-state index is 12.4. The third-order valence-electron chi connectivity index (χ3n) is 4.27. The summed E-state index contributed by atoms with van der Waals surface area (Å²) in [5.41, 5.74) is 2.00. The van der Waals surface area contributed by atoms with Gasteiger partial charge in [0.05, 0.1) is 12.8 Å². The van der Waals surface area contributed by atoms with Gasteiger partial charge in [0, 0.05) is 18.9 Å². The van der Waals surface area contributed by atoms with Crippen LogP contribution in [0.5, 0.6) is 11.5 Å². The lowest BCUT2D eigenvalue weighted by Crippen LogP contribution is -2.36. The summed E-state index contributed by atoms with van der Waals surface area (Å²) in [6, 6.07) is 15.1. The highest BCUT2D eigenvalue weighted by Gasteiger charge is 2.15. The van der Waals surface area contributed by atoms with E-state index in [-0.39, 0.29) is 5.91 Å². The molecule has 3 aromatic rings. The summed E-state index contributed by atoms with van der Waals surface area (Å²) in [7, 11) is 1.61. The van der Waals surface area contributed by atoms with Gasteiger partial charge in [-0.3, -0.25) is 4.79 Å². The molecule has 0 aliphatic carbocycles. The third-order valence-corrected chi connectivity index (χ3v) is 4.27. The molecular weight excluding hydrogens is 342 g/mol. The number of para-hydroxylation sites is 1. The largest absolute Gasteiger partial charge is 0.497 e. The zero-order valence-electron chi connectivity index (χ0n) is 15.7. The van der Waals surface area contributed by atoms with E-state index in [4.69, 9.17) is 9.47 Å². The van der Waals surface area contributed by atoms with Crippen LogP contribution in [0.15, 0.2) is 60.9 Å². The zero-order valence-corrected chi connectivity index (χ0v) is 15.7. The van der Waals surface area contributed by atoms with E-state index in [1.54, 1.807) is 44.5 Å². The quantitative estimate of drug-likeness (QED) is 0.698. The number of nitrogens with zero attached hydrogens (tertiary/aromatic N) is 2. The van der Waals surface area contributed by atoms with Gasteiger partial charge in [0.1, 0.15) is 17.3 Å². The average Bonchev–Trinajstić information content (AvgIpc) is 3.12. The second-order valence-corrected chi connectivity index (χ2v) is 6.13. The fourth-order valence-electron chi connectivity index (χ4n) is 2.77. The van der Waals surface area contributed by atoms with Crippen LogP contribution in [-0.2, 0) is 11.3 Å². The highest BCUT2D eigenvalue weighted by atomic mass is 16.5. The number of rotatable bonds is 7. The van der Waals surface area contributed by atoms with Crippen molar-refractivity contribution in [1.82, 2.24) is 14.9 Å². The lowest BCUT2D eigenvalue weighted by molar-refractivity contribution is -0.127. The first-order valence-corrected chi connectivity index (χ1v) is 8.75. The Kier molecular flexibility index (Phi) is 5.76. The van der Waals surface area contributed by atoms with Crippen molar-refractivity contribution < 1.29 is 14.3 Å². The molecule has 0 aliphatic heterocycles. The summed E-state index contributed by atoms with van der Waals surface area (Å²) in [6.45, 7) is 4.08. The molecule has 2 aromatic carbocycles. The number of benzene rings is 2. The van der Waals surface area contributed by atoms with Crippen molar-refractivity contribution in [3.8, 4) is 17.2 Å². The Balaban J connectivity index is 1.63. The zero-order chi connectivity index (χ0) is 19.2. The van der Waals surface area contributed by atoms with Gasteiger partial charge >= 0.3 is 0 Å². The van der Waals surface area contributed by atoms with Crippen molar-refractivity contribution in [1.29, 1.82) is 0 Å². The molecule has 0 radical (unpaired) electrons. The molecule has 0 spiro atoms. The number of hydrogen-bond donors (Lipinski definition) is 1. The Morgan fingerprint density at radius 2 is 1.85 bits per heavy atom. The fraction of sp³-hybridized carbons (Fsp3) is 0.238. The molecule has 1 atom stereocenters. The monoisotopic (exact) mass is 365 g/mol. The number of aromatic nitrogens is 2. The molecule has 1 heterocycles.